The first-order valence-corrected chi connectivity index (χ1v) is 13.6. The molecule has 9 heteroatoms. The summed E-state index contributed by atoms with van der Waals surface area (Å²) in [6, 6.07) is 15.9. The predicted octanol–water partition coefficient (Wildman–Crippen LogP) is 3.78. The summed E-state index contributed by atoms with van der Waals surface area (Å²) in [6.45, 7) is 9.79. The number of hydrazine groups is 1. The molecule has 3 rings (SSSR count). The van der Waals surface area contributed by atoms with Gasteiger partial charge in [0, 0.05) is 25.6 Å². The molecule has 40 heavy (non-hydrogen) atoms. The van der Waals surface area contributed by atoms with Crippen LogP contribution in [0.4, 0.5) is 0 Å². The number of aliphatic hydroxyl groups is 1. The van der Waals surface area contributed by atoms with E-state index in [4.69, 9.17) is 4.74 Å². The lowest BCUT2D eigenvalue weighted by molar-refractivity contribution is -0.178. The minimum atomic E-state index is -1.76. The lowest BCUT2D eigenvalue weighted by Gasteiger charge is -2.48. The molecule has 1 aliphatic heterocycles. The van der Waals surface area contributed by atoms with E-state index in [2.05, 4.69) is 0 Å². The molecular weight excluding hydrogens is 510 g/mol. The zero-order valence-electron chi connectivity index (χ0n) is 24.0. The number of carbonyl (C=O) groups is 4. The third kappa shape index (κ3) is 6.77. The van der Waals surface area contributed by atoms with Gasteiger partial charge in [-0.05, 0) is 31.7 Å². The van der Waals surface area contributed by atoms with E-state index >= 15 is 0 Å². The maximum absolute atomic E-state index is 14.4. The van der Waals surface area contributed by atoms with E-state index in [0.29, 0.717) is 12.0 Å². The fourth-order valence-electron chi connectivity index (χ4n) is 4.85. The van der Waals surface area contributed by atoms with Crippen LogP contribution in [-0.4, -0.2) is 68.0 Å². The molecule has 0 radical (unpaired) electrons. The van der Waals surface area contributed by atoms with Crippen molar-refractivity contribution in [2.24, 2.45) is 5.92 Å². The Morgan fingerprint density at radius 1 is 0.975 bits per heavy atom. The molecule has 4 atom stereocenters. The van der Waals surface area contributed by atoms with Gasteiger partial charge < -0.3 is 14.7 Å². The van der Waals surface area contributed by atoms with Gasteiger partial charge in [0.25, 0.3) is 5.91 Å². The molecule has 3 unspecified atom stereocenters. The molecule has 2 aromatic rings. The molecule has 214 valence electrons. The summed E-state index contributed by atoms with van der Waals surface area (Å²) in [5.41, 5.74) is 1.60. The highest BCUT2D eigenvalue weighted by atomic mass is 16.6. The predicted molar refractivity (Wildman–Crippen MR) is 151 cm³/mol. The Hall–Kier alpha value is -3.98. The summed E-state index contributed by atoms with van der Waals surface area (Å²) in [5, 5.41) is 13.7. The standard InChI is InChI=1S/C31H39N3O6/c1-7-21(4)28-30(38)34(27(19-32(28)22(5)35)25-16-12-9-13-17-25)33(23(6)36)26(18-24-14-10-8-11-15-24)29(37)31(39)40-20(2)3/h8-17,19-21,26,28-29,37H,7,18H2,1-6H3/t21?,26-,28?,29?/m0/s1. The Bertz CT molecular complexity index is 1230. The van der Waals surface area contributed by atoms with E-state index in [1.165, 1.54) is 23.8 Å². The van der Waals surface area contributed by atoms with Crippen molar-refractivity contribution in [1.29, 1.82) is 0 Å². The number of esters is 1. The lowest BCUT2D eigenvalue weighted by atomic mass is 9.93. The topological polar surface area (TPSA) is 107 Å². The van der Waals surface area contributed by atoms with Crippen LogP contribution in [-0.2, 0) is 30.3 Å². The van der Waals surface area contributed by atoms with Gasteiger partial charge in [0.15, 0.2) is 6.10 Å². The minimum Gasteiger partial charge on any atom is -0.461 e. The van der Waals surface area contributed by atoms with Crippen LogP contribution >= 0.6 is 0 Å². The van der Waals surface area contributed by atoms with Crippen LogP contribution in [0.5, 0.6) is 0 Å². The van der Waals surface area contributed by atoms with E-state index in [-0.39, 0.29) is 23.9 Å². The largest absolute Gasteiger partial charge is 0.461 e. The number of carbonyl (C=O) groups excluding carboxylic acids is 4. The van der Waals surface area contributed by atoms with Crippen molar-refractivity contribution in [3.8, 4) is 0 Å². The van der Waals surface area contributed by atoms with Crippen molar-refractivity contribution in [3.63, 3.8) is 0 Å². The molecule has 0 saturated carbocycles. The first-order chi connectivity index (χ1) is 19.0. The van der Waals surface area contributed by atoms with Gasteiger partial charge in [-0.3, -0.25) is 14.4 Å². The summed E-state index contributed by atoms with van der Waals surface area (Å²) in [4.78, 5) is 55.0. The van der Waals surface area contributed by atoms with E-state index in [1.54, 1.807) is 44.3 Å². The van der Waals surface area contributed by atoms with Gasteiger partial charge in [0.1, 0.15) is 6.04 Å². The Morgan fingerprint density at radius 2 is 1.55 bits per heavy atom. The highest BCUT2D eigenvalue weighted by molar-refractivity contribution is 5.98. The highest BCUT2D eigenvalue weighted by Crippen LogP contribution is 2.34. The van der Waals surface area contributed by atoms with Crippen LogP contribution in [0.1, 0.15) is 59.1 Å². The Kier molecular flexibility index (Phi) is 10.2. The summed E-state index contributed by atoms with van der Waals surface area (Å²) in [5.74, 6) is -2.54. The van der Waals surface area contributed by atoms with E-state index in [9.17, 15) is 24.3 Å². The maximum atomic E-state index is 14.4. The van der Waals surface area contributed by atoms with Gasteiger partial charge in [0.05, 0.1) is 17.8 Å². The van der Waals surface area contributed by atoms with E-state index < -0.39 is 42.1 Å². The Morgan fingerprint density at radius 3 is 2.05 bits per heavy atom. The molecule has 0 aromatic heterocycles. The molecule has 2 aromatic carbocycles. The number of ether oxygens (including phenoxy) is 1. The maximum Gasteiger partial charge on any atom is 0.337 e. The lowest BCUT2D eigenvalue weighted by Crippen LogP contribution is -2.64. The zero-order chi connectivity index (χ0) is 29.6. The summed E-state index contributed by atoms with van der Waals surface area (Å²) in [7, 11) is 0. The molecule has 0 bridgehead atoms. The number of aliphatic hydroxyl groups excluding tert-OH is 1. The fraction of sp³-hybridized carbons (Fsp3) is 0.419. The molecule has 3 amide bonds. The number of nitrogens with zero attached hydrogens (tertiary/aromatic N) is 3. The van der Waals surface area contributed by atoms with Gasteiger partial charge in [-0.15, -0.1) is 0 Å². The van der Waals surface area contributed by atoms with Gasteiger partial charge in [-0.1, -0.05) is 80.9 Å². The van der Waals surface area contributed by atoms with Gasteiger partial charge in [0.2, 0.25) is 11.8 Å². The molecule has 1 aliphatic rings. The normalized spacial score (nSPS) is 17.6. The van der Waals surface area contributed by atoms with Crippen molar-refractivity contribution < 1.29 is 29.0 Å². The molecule has 9 nitrogen and oxygen atoms in total. The van der Waals surface area contributed by atoms with Crippen molar-refractivity contribution in [2.45, 2.75) is 78.7 Å². The second-order valence-corrected chi connectivity index (χ2v) is 10.3. The number of rotatable bonds is 10. The third-order valence-corrected chi connectivity index (χ3v) is 6.96. The summed E-state index contributed by atoms with van der Waals surface area (Å²) >= 11 is 0. The molecule has 0 saturated heterocycles. The zero-order valence-corrected chi connectivity index (χ0v) is 24.0. The smallest absolute Gasteiger partial charge is 0.337 e. The van der Waals surface area contributed by atoms with Crippen LogP contribution in [0.25, 0.3) is 5.70 Å². The molecule has 1 N–H and O–H groups in total. The molecule has 0 fully saturated rings. The van der Waals surface area contributed by atoms with Gasteiger partial charge in [-0.2, -0.15) is 0 Å². The van der Waals surface area contributed by atoms with Crippen LogP contribution < -0.4 is 0 Å². The first kappa shape index (κ1) is 30.6. The Labute approximate surface area is 236 Å². The van der Waals surface area contributed by atoms with Crippen LogP contribution in [0.2, 0.25) is 0 Å². The Balaban J connectivity index is 2.26. The SMILES string of the molecule is CCC(C)C1C(=O)N(N(C(C)=O)[C@@H](Cc2ccccc2)C(O)C(=O)OC(C)C)C(c2ccccc2)=CN1C(C)=O. The monoisotopic (exact) mass is 549 g/mol. The number of hydrogen-bond donors (Lipinski definition) is 1. The van der Waals surface area contributed by atoms with Crippen molar-refractivity contribution in [2.75, 3.05) is 0 Å². The van der Waals surface area contributed by atoms with Crippen LogP contribution in [0.15, 0.2) is 66.9 Å². The van der Waals surface area contributed by atoms with Gasteiger partial charge in [-0.25, -0.2) is 14.8 Å². The minimum absolute atomic E-state index is 0.0606. The number of amides is 3. The second-order valence-electron chi connectivity index (χ2n) is 10.3. The summed E-state index contributed by atoms with van der Waals surface area (Å²) in [6.07, 6.45) is -0.0286. The van der Waals surface area contributed by atoms with Crippen molar-refractivity contribution in [1.82, 2.24) is 14.9 Å². The summed E-state index contributed by atoms with van der Waals surface area (Å²) < 4.78 is 5.31. The van der Waals surface area contributed by atoms with Crippen LogP contribution in [0.3, 0.4) is 0 Å². The van der Waals surface area contributed by atoms with Crippen molar-refractivity contribution in [3.05, 3.63) is 78.0 Å². The number of hydrogen-bond acceptors (Lipinski definition) is 6. The average Bonchev–Trinajstić information content (AvgIpc) is 2.92. The third-order valence-electron chi connectivity index (χ3n) is 6.96. The molecular formula is C31H39N3O6. The molecule has 0 aliphatic carbocycles. The van der Waals surface area contributed by atoms with Gasteiger partial charge >= 0.3 is 5.97 Å². The van der Waals surface area contributed by atoms with Crippen molar-refractivity contribution >= 4 is 29.4 Å². The quantitative estimate of drug-likeness (QED) is 0.452. The first-order valence-electron chi connectivity index (χ1n) is 13.6. The average molecular weight is 550 g/mol. The number of benzene rings is 2. The van der Waals surface area contributed by atoms with E-state index in [0.717, 1.165) is 10.6 Å². The van der Waals surface area contributed by atoms with E-state index in [1.807, 2.05) is 50.2 Å². The molecule has 1 heterocycles. The van der Waals surface area contributed by atoms with Crippen LogP contribution in [0, 0.1) is 5.92 Å². The highest BCUT2D eigenvalue weighted by Gasteiger charge is 2.47. The fourth-order valence-corrected chi connectivity index (χ4v) is 4.85. The second kappa shape index (κ2) is 13.4. The molecule has 0 spiro atoms.